The third-order valence-electron chi connectivity index (χ3n) is 4.51. The summed E-state index contributed by atoms with van der Waals surface area (Å²) < 4.78 is 7.36. The van der Waals surface area contributed by atoms with Gasteiger partial charge >= 0.3 is 0 Å². The van der Waals surface area contributed by atoms with Crippen LogP contribution in [-0.4, -0.2) is 46.8 Å². The van der Waals surface area contributed by atoms with Crippen LogP contribution in [0.4, 0.5) is 5.82 Å². The Morgan fingerprint density at radius 1 is 1.38 bits per heavy atom. The first kappa shape index (κ1) is 16.7. The fourth-order valence-corrected chi connectivity index (χ4v) is 2.99. The van der Waals surface area contributed by atoms with Gasteiger partial charge in [0.15, 0.2) is 5.82 Å². The van der Waals surface area contributed by atoms with Gasteiger partial charge in [-0.2, -0.15) is 0 Å². The normalized spacial score (nSPS) is 19.8. The molecule has 0 amide bonds. The predicted octanol–water partition coefficient (Wildman–Crippen LogP) is 1.65. The van der Waals surface area contributed by atoms with Crippen molar-refractivity contribution in [2.45, 2.75) is 19.1 Å². The molecule has 0 unspecified atom stereocenters. The minimum atomic E-state index is -0.122. The minimum absolute atomic E-state index is 0.0385. The summed E-state index contributed by atoms with van der Waals surface area (Å²) in [5, 5.41) is 3.13. The van der Waals surface area contributed by atoms with Crippen LogP contribution in [0.2, 0.25) is 0 Å². The fourth-order valence-electron chi connectivity index (χ4n) is 2.99. The molecule has 1 N–H and O–H groups in total. The average molecular weight is 328 g/mol. The van der Waals surface area contributed by atoms with Gasteiger partial charge in [0.2, 0.25) is 0 Å². The van der Waals surface area contributed by atoms with Crippen molar-refractivity contribution in [2.24, 2.45) is 7.05 Å². The molecule has 0 saturated carbocycles. The van der Waals surface area contributed by atoms with Crippen LogP contribution < -0.4 is 10.9 Å². The first-order valence-electron chi connectivity index (χ1n) is 8.31. The monoisotopic (exact) mass is 328 g/mol. The molecule has 6 nitrogen and oxygen atoms in total. The van der Waals surface area contributed by atoms with Gasteiger partial charge in [0.05, 0.1) is 12.7 Å². The lowest BCUT2D eigenvalue weighted by atomic mass is 10.1. The number of benzene rings is 1. The minimum Gasteiger partial charge on any atom is -0.374 e. The lowest BCUT2D eigenvalue weighted by Gasteiger charge is -2.37. The Labute approximate surface area is 142 Å². The molecule has 1 aromatic heterocycles. The third-order valence-corrected chi connectivity index (χ3v) is 4.51. The van der Waals surface area contributed by atoms with Gasteiger partial charge in [-0.25, -0.2) is 4.98 Å². The summed E-state index contributed by atoms with van der Waals surface area (Å²) in [4.78, 5) is 18.5. The second-order valence-electron chi connectivity index (χ2n) is 6.15. The van der Waals surface area contributed by atoms with E-state index in [1.165, 1.54) is 10.1 Å². The van der Waals surface area contributed by atoms with E-state index in [1.54, 1.807) is 19.4 Å². The van der Waals surface area contributed by atoms with Gasteiger partial charge in [-0.05, 0) is 12.5 Å². The highest BCUT2D eigenvalue weighted by Crippen LogP contribution is 2.22. The standard InChI is InChI=1S/C18H24N4O2/c1-14(15-6-4-3-5-7-15)22-10-11-24-16(13-22)12-20-17-18(23)21(2)9-8-19-17/h3-9,14,16H,10-13H2,1-2H3,(H,19,20)/t14-,16-/m1/s1. The van der Waals surface area contributed by atoms with E-state index in [4.69, 9.17) is 4.74 Å². The number of aromatic nitrogens is 2. The number of hydrogen-bond donors (Lipinski definition) is 1. The zero-order valence-corrected chi connectivity index (χ0v) is 14.2. The van der Waals surface area contributed by atoms with E-state index < -0.39 is 0 Å². The summed E-state index contributed by atoms with van der Waals surface area (Å²) >= 11 is 0. The van der Waals surface area contributed by atoms with Crippen LogP contribution in [0.25, 0.3) is 0 Å². The largest absolute Gasteiger partial charge is 0.374 e. The molecule has 1 aliphatic rings. The number of nitrogens with one attached hydrogen (secondary N) is 1. The van der Waals surface area contributed by atoms with Crippen molar-refractivity contribution < 1.29 is 4.74 Å². The smallest absolute Gasteiger partial charge is 0.293 e. The van der Waals surface area contributed by atoms with Gasteiger partial charge in [-0.1, -0.05) is 30.3 Å². The van der Waals surface area contributed by atoms with Gasteiger partial charge in [0.1, 0.15) is 0 Å². The van der Waals surface area contributed by atoms with Crippen molar-refractivity contribution >= 4 is 5.82 Å². The Morgan fingerprint density at radius 2 is 2.17 bits per heavy atom. The van der Waals surface area contributed by atoms with Crippen molar-refractivity contribution in [1.82, 2.24) is 14.5 Å². The molecule has 0 radical (unpaired) electrons. The van der Waals surface area contributed by atoms with Crippen LogP contribution in [0.3, 0.4) is 0 Å². The number of nitrogens with zero attached hydrogens (tertiary/aromatic N) is 3. The summed E-state index contributed by atoms with van der Waals surface area (Å²) in [6.45, 7) is 5.24. The molecular weight excluding hydrogens is 304 g/mol. The molecule has 6 heteroatoms. The molecule has 24 heavy (non-hydrogen) atoms. The number of ether oxygens (including phenoxy) is 1. The maximum atomic E-state index is 12.0. The zero-order chi connectivity index (χ0) is 16.9. The lowest BCUT2D eigenvalue weighted by Crippen LogP contribution is -2.46. The molecule has 0 spiro atoms. The molecule has 2 atom stereocenters. The molecule has 2 aromatic rings. The number of rotatable bonds is 5. The molecule has 2 heterocycles. The molecule has 3 rings (SSSR count). The van der Waals surface area contributed by atoms with Crippen LogP contribution in [0.1, 0.15) is 18.5 Å². The van der Waals surface area contributed by atoms with Crippen LogP contribution in [-0.2, 0) is 11.8 Å². The molecule has 128 valence electrons. The summed E-state index contributed by atoms with van der Waals surface area (Å²) in [5.41, 5.74) is 1.19. The van der Waals surface area contributed by atoms with E-state index in [0.29, 0.717) is 25.0 Å². The van der Waals surface area contributed by atoms with E-state index >= 15 is 0 Å². The van der Waals surface area contributed by atoms with Gasteiger partial charge < -0.3 is 14.6 Å². The number of hydrogen-bond acceptors (Lipinski definition) is 5. The topological polar surface area (TPSA) is 59.4 Å². The number of morpholine rings is 1. The van der Waals surface area contributed by atoms with E-state index in [0.717, 1.165) is 13.1 Å². The number of aryl methyl sites for hydroxylation is 1. The molecule has 1 fully saturated rings. The first-order chi connectivity index (χ1) is 11.6. The maximum Gasteiger partial charge on any atom is 0.293 e. The Morgan fingerprint density at radius 3 is 2.96 bits per heavy atom. The molecule has 1 aliphatic heterocycles. The molecule has 0 aliphatic carbocycles. The van der Waals surface area contributed by atoms with Gasteiger partial charge in [0.25, 0.3) is 5.56 Å². The van der Waals surface area contributed by atoms with E-state index in [-0.39, 0.29) is 11.7 Å². The summed E-state index contributed by atoms with van der Waals surface area (Å²) in [6.07, 6.45) is 3.31. The zero-order valence-electron chi connectivity index (χ0n) is 14.2. The highest BCUT2D eigenvalue weighted by atomic mass is 16.5. The summed E-state index contributed by atoms with van der Waals surface area (Å²) in [5.74, 6) is 0.372. The van der Waals surface area contributed by atoms with Crippen LogP contribution in [0.5, 0.6) is 0 Å². The average Bonchev–Trinajstić information content (AvgIpc) is 2.63. The SMILES string of the molecule is C[C@H](c1ccccc1)N1CCO[C@H](CNc2nccn(C)c2=O)C1. The molecule has 1 saturated heterocycles. The molecule has 1 aromatic carbocycles. The number of anilines is 1. The van der Waals surface area contributed by atoms with E-state index in [9.17, 15) is 4.79 Å². The first-order valence-corrected chi connectivity index (χ1v) is 8.31. The Bertz CT molecular complexity index is 716. The lowest BCUT2D eigenvalue weighted by molar-refractivity contribution is -0.0346. The fraction of sp³-hybridized carbons (Fsp3) is 0.444. The van der Waals surface area contributed by atoms with Gasteiger partial charge in [-0.3, -0.25) is 9.69 Å². The van der Waals surface area contributed by atoms with Crippen molar-refractivity contribution in [3.63, 3.8) is 0 Å². The summed E-state index contributed by atoms with van der Waals surface area (Å²) in [7, 11) is 1.72. The van der Waals surface area contributed by atoms with Crippen molar-refractivity contribution in [1.29, 1.82) is 0 Å². The van der Waals surface area contributed by atoms with Crippen molar-refractivity contribution in [3.8, 4) is 0 Å². The predicted molar refractivity (Wildman–Crippen MR) is 94.1 cm³/mol. The highest BCUT2D eigenvalue weighted by molar-refractivity contribution is 5.30. The maximum absolute atomic E-state index is 12.0. The summed E-state index contributed by atoms with van der Waals surface area (Å²) in [6, 6.07) is 10.8. The quantitative estimate of drug-likeness (QED) is 0.904. The Hall–Kier alpha value is -2.18. The van der Waals surface area contributed by atoms with Crippen LogP contribution in [0.15, 0.2) is 47.5 Å². The second kappa shape index (κ2) is 7.59. The van der Waals surface area contributed by atoms with Crippen molar-refractivity contribution in [3.05, 3.63) is 58.6 Å². The molecule has 0 bridgehead atoms. The van der Waals surface area contributed by atoms with E-state index in [1.807, 2.05) is 6.07 Å². The van der Waals surface area contributed by atoms with Crippen molar-refractivity contribution in [2.75, 3.05) is 31.6 Å². The third kappa shape index (κ3) is 3.83. The van der Waals surface area contributed by atoms with Crippen LogP contribution >= 0.6 is 0 Å². The highest BCUT2D eigenvalue weighted by Gasteiger charge is 2.25. The van der Waals surface area contributed by atoms with E-state index in [2.05, 4.69) is 46.4 Å². The Kier molecular flexibility index (Phi) is 5.27. The Balaban J connectivity index is 1.59. The molecular formula is C18H24N4O2. The van der Waals surface area contributed by atoms with Gasteiger partial charge in [0, 0.05) is 45.1 Å². The van der Waals surface area contributed by atoms with Gasteiger partial charge in [-0.15, -0.1) is 0 Å². The second-order valence-corrected chi connectivity index (χ2v) is 6.15. The van der Waals surface area contributed by atoms with Crippen LogP contribution in [0, 0.1) is 0 Å².